The van der Waals surface area contributed by atoms with Crippen LogP contribution in [0.5, 0.6) is 0 Å². The van der Waals surface area contributed by atoms with Crippen LogP contribution in [0.25, 0.3) is 0 Å². The third-order valence-corrected chi connectivity index (χ3v) is 4.87. The fourth-order valence-corrected chi connectivity index (χ4v) is 2.90. The van der Waals surface area contributed by atoms with E-state index < -0.39 is 17.8 Å². The summed E-state index contributed by atoms with van der Waals surface area (Å²) in [7, 11) is 0. The maximum absolute atomic E-state index is 12.3. The molecule has 1 heterocycles. The van der Waals surface area contributed by atoms with Crippen LogP contribution in [-0.4, -0.2) is 59.5 Å². The van der Waals surface area contributed by atoms with Crippen LogP contribution in [0.15, 0.2) is 0 Å². The summed E-state index contributed by atoms with van der Waals surface area (Å²) >= 11 is 0. The maximum Gasteiger partial charge on any atom is 0.307 e. The molecule has 5 nitrogen and oxygen atoms in total. The molecule has 2 atom stereocenters. The van der Waals surface area contributed by atoms with Gasteiger partial charge in [-0.3, -0.25) is 9.59 Å². The van der Waals surface area contributed by atoms with Gasteiger partial charge in [0.15, 0.2) is 0 Å². The van der Waals surface area contributed by atoms with Crippen LogP contribution < -0.4 is 0 Å². The molecule has 0 aromatic rings. The molecule has 1 saturated heterocycles. The number of nitrogens with zero attached hydrogens (tertiary/aromatic N) is 2. The van der Waals surface area contributed by atoms with E-state index in [1.807, 2.05) is 4.90 Å². The minimum absolute atomic E-state index is 0.00816. The van der Waals surface area contributed by atoms with Gasteiger partial charge < -0.3 is 14.9 Å². The van der Waals surface area contributed by atoms with E-state index in [1.54, 1.807) is 13.8 Å². The number of hydrogen-bond donors (Lipinski definition) is 1. The summed E-state index contributed by atoms with van der Waals surface area (Å²) in [6, 6.07) is 0. The lowest BCUT2D eigenvalue weighted by molar-refractivity contribution is -0.149. The molecule has 1 aliphatic rings. The molecule has 21 heavy (non-hydrogen) atoms. The number of carboxylic acid groups (broad SMARTS) is 1. The monoisotopic (exact) mass is 298 g/mol. The molecule has 1 rings (SSSR count). The number of amides is 1. The Morgan fingerprint density at radius 1 is 1.14 bits per heavy atom. The predicted molar refractivity (Wildman–Crippen MR) is 83.1 cm³/mol. The molecule has 122 valence electrons. The molecule has 1 aliphatic heterocycles. The molecule has 5 heteroatoms. The van der Waals surface area contributed by atoms with E-state index in [-0.39, 0.29) is 5.91 Å². The van der Waals surface area contributed by atoms with Gasteiger partial charge in [0.25, 0.3) is 0 Å². The lowest BCUT2D eigenvalue weighted by atomic mass is 9.91. The van der Waals surface area contributed by atoms with Gasteiger partial charge in [0.1, 0.15) is 0 Å². The topological polar surface area (TPSA) is 60.9 Å². The normalized spacial score (nSPS) is 19.6. The molecule has 1 fully saturated rings. The van der Waals surface area contributed by atoms with Crippen LogP contribution in [0.1, 0.15) is 40.5 Å². The van der Waals surface area contributed by atoms with E-state index in [4.69, 9.17) is 5.11 Å². The zero-order chi connectivity index (χ0) is 16.0. The van der Waals surface area contributed by atoms with Gasteiger partial charge in [-0.05, 0) is 31.8 Å². The summed E-state index contributed by atoms with van der Waals surface area (Å²) in [5, 5.41) is 9.02. The number of aliphatic carboxylic acids is 1. The van der Waals surface area contributed by atoms with Gasteiger partial charge in [0, 0.05) is 25.6 Å². The van der Waals surface area contributed by atoms with E-state index in [0.29, 0.717) is 5.92 Å². The van der Waals surface area contributed by atoms with E-state index in [0.717, 1.165) is 45.6 Å². The van der Waals surface area contributed by atoms with Crippen molar-refractivity contribution in [3.05, 3.63) is 0 Å². The molecular weight excluding hydrogens is 268 g/mol. The minimum Gasteiger partial charge on any atom is -0.481 e. The second kappa shape index (κ2) is 8.37. The number of carboxylic acids is 1. The Kier molecular flexibility index (Phi) is 7.15. The Hall–Kier alpha value is -1.10. The fraction of sp³-hybridized carbons (Fsp3) is 0.875. The zero-order valence-corrected chi connectivity index (χ0v) is 13.8. The summed E-state index contributed by atoms with van der Waals surface area (Å²) in [5.74, 6) is -1.31. The first-order chi connectivity index (χ1) is 9.90. The van der Waals surface area contributed by atoms with Crippen molar-refractivity contribution in [3.8, 4) is 0 Å². The van der Waals surface area contributed by atoms with Crippen molar-refractivity contribution < 1.29 is 14.7 Å². The van der Waals surface area contributed by atoms with Gasteiger partial charge >= 0.3 is 5.97 Å². The van der Waals surface area contributed by atoms with Crippen LogP contribution in [-0.2, 0) is 9.59 Å². The molecule has 0 aromatic carbocycles. The second-order valence-electron chi connectivity index (χ2n) is 6.17. The Morgan fingerprint density at radius 2 is 1.67 bits per heavy atom. The van der Waals surface area contributed by atoms with Crippen molar-refractivity contribution in [2.24, 2.45) is 17.8 Å². The molecule has 0 aromatic heterocycles. The number of likely N-dealkylation sites (tertiary alicyclic amines) is 1. The fourth-order valence-electron chi connectivity index (χ4n) is 2.90. The lowest BCUT2D eigenvalue weighted by Crippen LogP contribution is -2.45. The van der Waals surface area contributed by atoms with E-state index >= 15 is 0 Å². The molecule has 0 spiro atoms. The third-order valence-electron chi connectivity index (χ3n) is 4.87. The Labute approximate surface area is 128 Å². The van der Waals surface area contributed by atoms with Crippen LogP contribution in [0, 0.1) is 17.8 Å². The second-order valence-corrected chi connectivity index (χ2v) is 6.17. The quantitative estimate of drug-likeness (QED) is 0.780. The van der Waals surface area contributed by atoms with Gasteiger partial charge in [-0.2, -0.15) is 0 Å². The van der Waals surface area contributed by atoms with Crippen LogP contribution in [0.2, 0.25) is 0 Å². The molecule has 2 unspecified atom stereocenters. The Bertz CT molecular complexity index is 347. The lowest BCUT2D eigenvalue weighted by Gasteiger charge is -2.36. The Balaban J connectivity index is 2.45. The van der Waals surface area contributed by atoms with Crippen LogP contribution in [0.4, 0.5) is 0 Å². The number of rotatable bonds is 7. The van der Waals surface area contributed by atoms with Crippen molar-refractivity contribution in [1.29, 1.82) is 0 Å². The zero-order valence-electron chi connectivity index (χ0n) is 13.8. The third kappa shape index (κ3) is 4.99. The van der Waals surface area contributed by atoms with Gasteiger partial charge in [0.2, 0.25) is 5.91 Å². The van der Waals surface area contributed by atoms with Crippen LogP contribution in [0.3, 0.4) is 0 Å². The summed E-state index contributed by atoms with van der Waals surface area (Å²) in [5.41, 5.74) is 0. The van der Waals surface area contributed by atoms with Gasteiger partial charge in [-0.1, -0.05) is 27.7 Å². The van der Waals surface area contributed by atoms with Crippen molar-refractivity contribution in [2.45, 2.75) is 40.5 Å². The summed E-state index contributed by atoms with van der Waals surface area (Å²) in [6.45, 7) is 12.5. The molecule has 0 radical (unpaired) electrons. The van der Waals surface area contributed by atoms with Gasteiger partial charge in [-0.15, -0.1) is 0 Å². The van der Waals surface area contributed by atoms with Gasteiger partial charge in [0.05, 0.1) is 5.92 Å². The van der Waals surface area contributed by atoms with E-state index in [2.05, 4.69) is 18.7 Å². The maximum atomic E-state index is 12.3. The SMILES string of the molecule is CCN(CC)CC1CCN(C(=O)C(C)C(C)C(=O)O)CC1. The predicted octanol–water partition coefficient (Wildman–Crippen LogP) is 1.92. The van der Waals surface area contributed by atoms with Crippen molar-refractivity contribution in [1.82, 2.24) is 9.80 Å². The summed E-state index contributed by atoms with van der Waals surface area (Å²) in [6.07, 6.45) is 2.05. The highest BCUT2D eigenvalue weighted by atomic mass is 16.4. The first kappa shape index (κ1) is 18.0. The Morgan fingerprint density at radius 3 is 2.10 bits per heavy atom. The smallest absolute Gasteiger partial charge is 0.307 e. The van der Waals surface area contributed by atoms with E-state index in [1.165, 1.54) is 0 Å². The highest BCUT2D eigenvalue weighted by molar-refractivity contribution is 5.84. The molecule has 0 aliphatic carbocycles. The average molecular weight is 298 g/mol. The minimum atomic E-state index is -0.896. The number of carbonyl (C=O) groups is 2. The van der Waals surface area contributed by atoms with Crippen molar-refractivity contribution >= 4 is 11.9 Å². The standard InChI is InChI=1S/C16H30N2O3/c1-5-17(6-2)11-14-7-9-18(10-8-14)15(19)12(3)13(4)16(20)21/h12-14H,5-11H2,1-4H3,(H,20,21). The molecule has 1 N–H and O–H groups in total. The van der Waals surface area contributed by atoms with Gasteiger partial charge in [-0.25, -0.2) is 0 Å². The molecule has 0 bridgehead atoms. The van der Waals surface area contributed by atoms with Crippen molar-refractivity contribution in [2.75, 3.05) is 32.7 Å². The molecule has 1 amide bonds. The number of carbonyl (C=O) groups excluding carboxylic acids is 1. The van der Waals surface area contributed by atoms with Crippen molar-refractivity contribution in [3.63, 3.8) is 0 Å². The largest absolute Gasteiger partial charge is 0.481 e. The first-order valence-electron chi connectivity index (χ1n) is 8.14. The summed E-state index contributed by atoms with van der Waals surface area (Å²) in [4.78, 5) is 27.6. The number of hydrogen-bond acceptors (Lipinski definition) is 3. The van der Waals surface area contributed by atoms with Crippen LogP contribution >= 0.6 is 0 Å². The highest BCUT2D eigenvalue weighted by Gasteiger charge is 2.31. The number of piperidine rings is 1. The molecular formula is C16H30N2O3. The first-order valence-corrected chi connectivity index (χ1v) is 8.14. The summed E-state index contributed by atoms with van der Waals surface area (Å²) < 4.78 is 0. The molecule has 0 saturated carbocycles. The highest BCUT2D eigenvalue weighted by Crippen LogP contribution is 2.22. The average Bonchev–Trinajstić information content (AvgIpc) is 2.50. The van der Waals surface area contributed by atoms with E-state index in [9.17, 15) is 9.59 Å².